The number of carbonyl (C=O) groups is 3. The highest BCUT2D eigenvalue weighted by Crippen LogP contribution is 2.33. The van der Waals surface area contributed by atoms with Crippen LogP contribution in [0.1, 0.15) is 12.0 Å². The Labute approximate surface area is 202 Å². The Morgan fingerprint density at radius 1 is 1.06 bits per heavy atom. The molecule has 34 heavy (non-hydrogen) atoms. The van der Waals surface area contributed by atoms with E-state index in [1.165, 1.54) is 11.0 Å². The highest BCUT2D eigenvalue weighted by molar-refractivity contribution is 6.30. The molecule has 3 aromatic rings. The van der Waals surface area contributed by atoms with Crippen LogP contribution < -0.4 is 20.3 Å². The van der Waals surface area contributed by atoms with Crippen LogP contribution in [-0.4, -0.2) is 30.9 Å². The molecule has 8 heteroatoms. The van der Waals surface area contributed by atoms with Crippen molar-refractivity contribution < 1.29 is 19.1 Å². The fraction of sp³-hybridized carbons (Fsp3) is 0.115. The van der Waals surface area contributed by atoms with Gasteiger partial charge in [-0.05, 0) is 60.2 Å². The van der Waals surface area contributed by atoms with E-state index >= 15 is 0 Å². The van der Waals surface area contributed by atoms with E-state index in [1.54, 1.807) is 86.0 Å². The summed E-state index contributed by atoms with van der Waals surface area (Å²) in [7, 11) is 1.56. The molecular weight excluding hydrogens is 454 g/mol. The number of anilines is 3. The Morgan fingerprint density at radius 2 is 1.76 bits per heavy atom. The molecule has 0 saturated heterocycles. The van der Waals surface area contributed by atoms with Gasteiger partial charge in [0.2, 0.25) is 11.8 Å². The topological polar surface area (TPSA) is 87.7 Å². The molecule has 3 amide bonds. The molecule has 0 saturated carbocycles. The minimum absolute atomic E-state index is 0.216. The Balaban J connectivity index is 1.57. The molecule has 172 valence electrons. The third-order valence-electron chi connectivity index (χ3n) is 5.31. The van der Waals surface area contributed by atoms with E-state index in [2.05, 4.69) is 10.6 Å². The number of para-hydroxylation sites is 2. The second-order valence-corrected chi connectivity index (χ2v) is 8.03. The van der Waals surface area contributed by atoms with Crippen LogP contribution in [0, 0.1) is 0 Å². The lowest BCUT2D eigenvalue weighted by Gasteiger charge is -2.35. The van der Waals surface area contributed by atoms with Crippen LogP contribution in [0.4, 0.5) is 17.1 Å². The van der Waals surface area contributed by atoms with Gasteiger partial charge < -0.3 is 15.4 Å². The van der Waals surface area contributed by atoms with E-state index in [0.717, 1.165) is 5.56 Å². The van der Waals surface area contributed by atoms with Crippen LogP contribution in [0.2, 0.25) is 5.02 Å². The number of rotatable bonds is 6. The number of hydrogen-bond acceptors (Lipinski definition) is 4. The van der Waals surface area contributed by atoms with Gasteiger partial charge in [-0.2, -0.15) is 0 Å². The number of nitrogens with one attached hydrogen (secondary N) is 2. The smallest absolute Gasteiger partial charge is 0.251 e. The van der Waals surface area contributed by atoms with Gasteiger partial charge in [0, 0.05) is 16.8 Å². The average molecular weight is 476 g/mol. The van der Waals surface area contributed by atoms with Gasteiger partial charge in [0.15, 0.2) is 0 Å². The van der Waals surface area contributed by atoms with Crippen molar-refractivity contribution in [3.63, 3.8) is 0 Å². The first kappa shape index (κ1) is 23.1. The van der Waals surface area contributed by atoms with Gasteiger partial charge in [0.1, 0.15) is 11.8 Å². The first-order valence-corrected chi connectivity index (χ1v) is 10.9. The van der Waals surface area contributed by atoms with Crippen LogP contribution in [0.15, 0.2) is 78.9 Å². The molecule has 0 aromatic heterocycles. The van der Waals surface area contributed by atoms with Gasteiger partial charge in [0.05, 0.1) is 24.9 Å². The largest absolute Gasteiger partial charge is 0.497 e. The zero-order valence-corrected chi connectivity index (χ0v) is 19.1. The van der Waals surface area contributed by atoms with Gasteiger partial charge >= 0.3 is 0 Å². The Hall–Kier alpha value is -4.10. The normalized spacial score (nSPS) is 14.9. The van der Waals surface area contributed by atoms with Crippen molar-refractivity contribution in [3.8, 4) is 5.75 Å². The van der Waals surface area contributed by atoms with E-state index < -0.39 is 23.8 Å². The quantitative estimate of drug-likeness (QED) is 0.504. The summed E-state index contributed by atoms with van der Waals surface area (Å²) in [6.07, 6.45) is 2.81. The molecule has 1 atom stereocenters. The molecule has 0 unspecified atom stereocenters. The molecule has 3 aromatic carbocycles. The van der Waals surface area contributed by atoms with Crippen LogP contribution in [0.3, 0.4) is 0 Å². The number of hydrogen-bond donors (Lipinski definition) is 2. The number of nitrogens with zero attached hydrogens (tertiary/aromatic N) is 1. The van der Waals surface area contributed by atoms with Gasteiger partial charge in [-0.15, -0.1) is 0 Å². The van der Waals surface area contributed by atoms with E-state index in [9.17, 15) is 14.4 Å². The van der Waals surface area contributed by atoms with Crippen molar-refractivity contribution in [3.05, 3.63) is 89.5 Å². The summed E-state index contributed by atoms with van der Waals surface area (Å²) in [4.78, 5) is 40.3. The third kappa shape index (κ3) is 5.27. The summed E-state index contributed by atoms with van der Waals surface area (Å²) in [5.41, 5.74) is 2.37. The third-order valence-corrected chi connectivity index (χ3v) is 5.57. The van der Waals surface area contributed by atoms with Crippen LogP contribution in [0.25, 0.3) is 6.08 Å². The Bertz CT molecular complexity index is 1240. The van der Waals surface area contributed by atoms with Crippen molar-refractivity contribution in [2.75, 3.05) is 22.6 Å². The summed E-state index contributed by atoms with van der Waals surface area (Å²) in [5, 5.41) is 6.15. The number of benzene rings is 3. The summed E-state index contributed by atoms with van der Waals surface area (Å²) in [6.45, 7) is 0. The minimum atomic E-state index is -1.02. The maximum atomic E-state index is 13.3. The molecule has 0 fully saturated rings. The predicted molar refractivity (Wildman–Crippen MR) is 133 cm³/mol. The maximum Gasteiger partial charge on any atom is 0.251 e. The summed E-state index contributed by atoms with van der Waals surface area (Å²) in [6, 6.07) is 19.8. The SMILES string of the molecule is COc1ccc(NC(=O)C[C@@H]2C(=O)Nc3ccccc3N2C(=O)/C=C/c2ccc(Cl)cc2)cc1. The lowest BCUT2D eigenvalue weighted by molar-refractivity contribution is -0.124. The molecule has 1 aliphatic rings. The number of methoxy groups -OCH3 is 1. The van der Waals surface area contributed by atoms with Gasteiger partial charge in [-0.1, -0.05) is 35.9 Å². The molecule has 0 aliphatic carbocycles. The van der Waals surface area contributed by atoms with E-state index in [4.69, 9.17) is 16.3 Å². The second kappa shape index (κ2) is 10.2. The van der Waals surface area contributed by atoms with Gasteiger partial charge in [-0.3, -0.25) is 19.3 Å². The van der Waals surface area contributed by atoms with Crippen LogP contribution in [-0.2, 0) is 14.4 Å². The number of carbonyl (C=O) groups excluding carboxylic acids is 3. The molecule has 7 nitrogen and oxygen atoms in total. The molecule has 0 spiro atoms. The summed E-state index contributed by atoms with van der Waals surface area (Å²) in [5.74, 6) is -0.592. The highest BCUT2D eigenvalue weighted by atomic mass is 35.5. The molecular formula is C26H22ClN3O4. The first-order valence-electron chi connectivity index (χ1n) is 10.6. The lowest BCUT2D eigenvalue weighted by atomic mass is 10.0. The number of halogens is 1. The molecule has 1 aliphatic heterocycles. The van der Waals surface area contributed by atoms with E-state index in [0.29, 0.717) is 27.8 Å². The number of amides is 3. The molecule has 1 heterocycles. The first-order chi connectivity index (χ1) is 16.4. The molecule has 0 bridgehead atoms. The number of ether oxygens (including phenoxy) is 1. The highest BCUT2D eigenvalue weighted by Gasteiger charge is 2.37. The van der Waals surface area contributed by atoms with E-state index in [-0.39, 0.29) is 6.42 Å². The van der Waals surface area contributed by atoms with Gasteiger partial charge in [-0.25, -0.2) is 0 Å². The predicted octanol–water partition coefficient (Wildman–Crippen LogP) is 4.74. The Morgan fingerprint density at radius 3 is 2.47 bits per heavy atom. The zero-order chi connectivity index (χ0) is 24.1. The summed E-state index contributed by atoms with van der Waals surface area (Å²) < 4.78 is 5.12. The standard InChI is InChI=1S/C26H22ClN3O4/c1-34-20-13-11-19(12-14-20)28-24(31)16-23-26(33)29-21-4-2-3-5-22(21)30(23)25(32)15-8-17-6-9-18(27)10-7-17/h2-15,23H,16H2,1H3,(H,28,31)(H,29,33)/b15-8+/t23-/m1/s1. The lowest BCUT2D eigenvalue weighted by Crippen LogP contribution is -2.52. The van der Waals surface area contributed by atoms with Crippen molar-refractivity contribution in [1.82, 2.24) is 0 Å². The van der Waals surface area contributed by atoms with Crippen LogP contribution >= 0.6 is 11.6 Å². The van der Waals surface area contributed by atoms with Gasteiger partial charge in [0.25, 0.3) is 5.91 Å². The minimum Gasteiger partial charge on any atom is -0.497 e. The molecule has 0 radical (unpaired) electrons. The number of fused-ring (bicyclic) bond motifs is 1. The fourth-order valence-corrected chi connectivity index (χ4v) is 3.76. The summed E-state index contributed by atoms with van der Waals surface area (Å²) >= 11 is 5.92. The second-order valence-electron chi connectivity index (χ2n) is 7.60. The fourth-order valence-electron chi connectivity index (χ4n) is 3.63. The average Bonchev–Trinajstić information content (AvgIpc) is 2.84. The van der Waals surface area contributed by atoms with Crippen LogP contribution in [0.5, 0.6) is 5.75 Å². The van der Waals surface area contributed by atoms with Crippen molar-refractivity contribution in [1.29, 1.82) is 0 Å². The van der Waals surface area contributed by atoms with Crippen molar-refractivity contribution in [2.45, 2.75) is 12.5 Å². The molecule has 2 N–H and O–H groups in total. The maximum absolute atomic E-state index is 13.3. The van der Waals surface area contributed by atoms with E-state index in [1.807, 2.05) is 0 Å². The monoisotopic (exact) mass is 475 g/mol. The Kier molecular flexibility index (Phi) is 6.94. The zero-order valence-electron chi connectivity index (χ0n) is 18.3. The van der Waals surface area contributed by atoms with Crippen molar-refractivity contribution >= 4 is 52.5 Å². The van der Waals surface area contributed by atoms with Crippen molar-refractivity contribution in [2.24, 2.45) is 0 Å². The molecule has 4 rings (SSSR count).